The number of unbranched alkanes of at least 4 members (excludes halogenated alkanes) is 1. The number of likely N-dealkylation sites (tertiary alicyclic amines) is 1. The third-order valence-corrected chi connectivity index (χ3v) is 6.50. The van der Waals surface area contributed by atoms with Gasteiger partial charge in [0, 0.05) is 37.3 Å². The Bertz CT molecular complexity index is 1290. The average Bonchev–Trinajstić information content (AvgIpc) is 3.32. The number of para-hydroxylation sites is 1. The fraction of sp³-hybridized carbons (Fsp3) is 0.267. The molecule has 0 aromatic heterocycles. The highest BCUT2D eigenvalue weighted by Crippen LogP contribution is 2.21. The van der Waals surface area contributed by atoms with E-state index in [1.165, 1.54) is 0 Å². The number of carbonyl (C=O) groups is 4. The number of rotatable bonds is 10. The van der Waals surface area contributed by atoms with Crippen molar-refractivity contribution in [3.8, 4) is 0 Å². The molecule has 1 heterocycles. The van der Waals surface area contributed by atoms with Crippen LogP contribution in [0.25, 0.3) is 0 Å². The highest BCUT2D eigenvalue weighted by atomic mass is 16.2. The molecule has 1 aliphatic rings. The van der Waals surface area contributed by atoms with E-state index in [1.54, 1.807) is 53.4 Å². The normalized spacial score (nSPS) is 14.7. The number of benzene rings is 3. The molecule has 38 heavy (non-hydrogen) atoms. The van der Waals surface area contributed by atoms with Gasteiger partial charge in [-0.15, -0.1) is 0 Å². The van der Waals surface area contributed by atoms with Gasteiger partial charge in [0.15, 0.2) is 0 Å². The van der Waals surface area contributed by atoms with Crippen molar-refractivity contribution in [3.05, 3.63) is 95.6 Å². The van der Waals surface area contributed by atoms with Crippen LogP contribution >= 0.6 is 0 Å². The van der Waals surface area contributed by atoms with Gasteiger partial charge >= 0.3 is 0 Å². The minimum Gasteiger partial charge on any atom is -0.348 e. The first-order chi connectivity index (χ1) is 18.4. The molecule has 0 aliphatic carbocycles. The van der Waals surface area contributed by atoms with Crippen LogP contribution in [-0.2, 0) is 16.1 Å². The van der Waals surface area contributed by atoms with Crippen LogP contribution in [0.3, 0.4) is 0 Å². The maximum atomic E-state index is 12.9. The molecule has 3 N–H and O–H groups in total. The smallest absolute Gasteiger partial charge is 0.255 e. The summed E-state index contributed by atoms with van der Waals surface area (Å²) >= 11 is 0. The Hall–Kier alpha value is -4.46. The molecule has 3 aromatic rings. The SMILES string of the molecule is CCCCN1CC(C(=O)Nc2ccc(C(=O)Nc3ccccc3C(=O)NCc3ccccc3)cc2)CC1=O. The number of anilines is 2. The first-order valence-corrected chi connectivity index (χ1v) is 12.9. The predicted octanol–water partition coefficient (Wildman–Crippen LogP) is 4.46. The van der Waals surface area contributed by atoms with E-state index < -0.39 is 0 Å². The molecular formula is C30H32N4O4. The van der Waals surface area contributed by atoms with Crippen LogP contribution in [-0.4, -0.2) is 41.6 Å². The van der Waals surface area contributed by atoms with Crippen molar-refractivity contribution >= 4 is 35.0 Å². The van der Waals surface area contributed by atoms with E-state index in [9.17, 15) is 19.2 Å². The van der Waals surface area contributed by atoms with Crippen molar-refractivity contribution in [1.29, 1.82) is 0 Å². The molecule has 1 saturated heterocycles. The summed E-state index contributed by atoms with van der Waals surface area (Å²) in [5, 5.41) is 8.53. The molecule has 8 heteroatoms. The molecule has 0 radical (unpaired) electrons. The summed E-state index contributed by atoms with van der Waals surface area (Å²) < 4.78 is 0. The van der Waals surface area contributed by atoms with Crippen molar-refractivity contribution in [2.75, 3.05) is 23.7 Å². The van der Waals surface area contributed by atoms with Gasteiger partial charge in [0.05, 0.1) is 17.2 Å². The van der Waals surface area contributed by atoms with Crippen molar-refractivity contribution in [1.82, 2.24) is 10.2 Å². The maximum Gasteiger partial charge on any atom is 0.255 e. The molecule has 0 saturated carbocycles. The standard InChI is InChI=1S/C30H32N4O4/c1-2-3-17-34-20-23(18-27(34)35)29(37)32-24-15-13-22(14-16-24)28(36)33-26-12-8-7-11-25(26)30(38)31-19-21-9-5-4-6-10-21/h4-16,23H,2-3,17-20H2,1H3,(H,31,38)(H,32,37)(H,33,36). The van der Waals surface area contributed by atoms with Crippen molar-refractivity contribution < 1.29 is 19.2 Å². The molecule has 0 bridgehead atoms. The second-order valence-electron chi connectivity index (χ2n) is 9.33. The summed E-state index contributed by atoms with van der Waals surface area (Å²) in [6.07, 6.45) is 2.13. The zero-order valence-corrected chi connectivity index (χ0v) is 21.4. The molecule has 1 aliphatic heterocycles. The van der Waals surface area contributed by atoms with Crippen molar-refractivity contribution in [2.24, 2.45) is 5.92 Å². The Morgan fingerprint density at radius 2 is 1.58 bits per heavy atom. The van der Waals surface area contributed by atoms with E-state index in [0.717, 1.165) is 18.4 Å². The molecule has 8 nitrogen and oxygen atoms in total. The van der Waals surface area contributed by atoms with Crippen LogP contribution in [0.1, 0.15) is 52.5 Å². The molecule has 1 unspecified atom stereocenters. The second-order valence-corrected chi connectivity index (χ2v) is 9.33. The van der Waals surface area contributed by atoms with Gasteiger partial charge in [-0.25, -0.2) is 0 Å². The van der Waals surface area contributed by atoms with Gasteiger partial charge in [-0.05, 0) is 48.4 Å². The minimum atomic E-state index is -0.383. The number of carbonyl (C=O) groups excluding carboxylic acids is 4. The molecular weight excluding hydrogens is 480 g/mol. The molecule has 1 fully saturated rings. The van der Waals surface area contributed by atoms with E-state index >= 15 is 0 Å². The number of nitrogens with zero attached hydrogens (tertiary/aromatic N) is 1. The van der Waals surface area contributed by atoms with E-state index in [2.05, 4.69) is 22.9 Å². The fourth-order valence-corrected chi connectivity index (χ4v) is 4.32. The Morgan fingerprint density at radius 1 is 0.868 bits per heavy atom. The number of nitrogens with one attached hydrogen (secondary N) is 3. The van der Waals surface area contributed by atoms with E-state index in [4.69, 9.17) is 0 Å². The lowest BCUT2D eigenvalue weighted by Gasteiger charge is -2.16. The summed E-state index contributed by atoms with van der Waals surface area (Å²) in [6.45, 7) is 3.56. The maximum absolute atomic E-state index is 12.9. The Labute approximate surface area is 222 Å². The predicted molar refractivity (Wildman–Crippen MR) is 147 cm³/mol. The average molecular weight is 513 g/mol. The zero-order chi connectivity index (χ0) is 26.9. The third-order valence-electron chi connectivity index (χ3n) is 6.50. The molecule has 0 spiro atoms. The van der Waals surface area contributed by atoms with E-state index in [1.807, 2.05) is 30.3 Å². The van der Waals surface area contributed by atoms with Gasteiger partial charge in [-0.2, -0.15) is 0 Å². The highest BCUT2D eigenvalue weighted by Gasteiger charge is 2.33. The second kappa shape index (κ2) is 12.7. The summed E-state index contributed by atoms with van der Waals surface area (Å²) in [7, 11) is 0. The Kier molecular flexibility index (Phi) is 8.87. The Morgan fingerprint density at radius 3 is 2.32 bits per heavy atom. The lowest BCUT2D eigenvalue weighted by atomic mass is 10.1. The first kappa shape index (κ1) is 26.6. The topological polar surface area (TPSA) is 108 Å². The van der Waals surface area contributed by atoms with Gasteiger partial charge in [0.2, 0.25) is 11.8 Å². The summed E-state index contributed by atoms with van der Waals surface area (Å²) in [5.74, 6) is -1.24. The van der Waals surface area contributed by atoms with Crippen LogP contribution in [0, 0.1) is 5.92 Å². The number of amides is 4. The molecule has 3 aromatic carbocycles. The van der Waals surface area contributed by atoms with Gasteiger partial charge in [-0.3, -0.25) is 19.2 Å². The summed E-state index contributed by atoms with van der Waals surface area (Å²) in [4.78, 5) is 52.3. The van der Waals surface area contributed by atoms with E-state index in [0.29, 0.717) is 42.1 Å². The highest BCUT2D eigenvalue weighted by molar-refractivity contribution is 6.09. The summed E-state index contributed by atoms with van der Waals surface area (Å²) in [5.41, 5.74) is 2.66. The molecule has 4 amide bonds. The first-order valence-electron chi connectivity index (χ1n) is 12.9. The van der Waals surface area contributed by atoms with Crippen LogP contribution in [0.5, 0.6) is 0 Å². The fourth-order valence-electron chi connectivity index (χ4n) is 4.32. The number of hydrogen-bond acceptors (Lipinski definition) is 4. The number of hydrogen-bond donors (Lipinski definition) is 3. The lowest BCUT2D eigenvalue weighted by Crippen LogP contribution is -2.29. The molecule has 196 valence electrons. The van der Waals surface area contributed by atoms with Crippen molar-refractivity contribution in [2.45, 2.75) is 32.7 Å². The van der Waals surface area contributed by atoms with Gasteiger partial charge < -0.3 is 20.9 Å². The lowest BCUT2D eigenvalue weighted by molar-refractivity contribution is -0.128. The van der Waals surface area contributed by atoms with Gasteiger partial charge in [-0.1, -0.05) is 55.8 Å². The third kappa shape index (κ3) is 6.85. The Balaban J connectivity index is 1.33. The minimum absolute atomic E-state index is 0.0136. The monoisotopic (exact) mass is 512 g/mol. The van der Waals surface area contributed by atoms with E-state index in [-0.39, 0.29) is 36.0 Å². The largest absolute Gasteiger partial charge is 0.348 e. The van der Waals surface area contributed by atoms with Crippen LogP contribution < -0.4 is 16.0 Å². The zero-order valence-electron chi connectivity index (χ0n) is 21.4. The van der Waals surface area contributed by atoms with Crippen molar-refractivity contribution in [3.63, 3.8) is 0 Å². The molecule has 1 atom stereocenters. The van der Waals surface area contributed by atoms with Gasteiger partial charge in [0.1, 0.15) is 0 Å². The quantitative estimate of drug-likeness (QED) is 0.373. The van der Waals surface area contributed by atoms with Crippen LogP contribution in [0.4, 0.5) is 11.4 Å². The van der Waals surface area contributed by atoms with Crippen LogP contribution in [0.2, 0.25) is 0 Å². The molecule has 4 rings (SSSR count). The van der Waals surface area contributed by atoms with Crippen LogP contribution in [0.15, 0.2) is 78.9 Å². The van der Waals surface area contributed by atoms with Gasteiger partial charge in [0.25, 0.3) is 11.8 Å². The summed E-state index contributed by atoms with van der Waals surface area (Å²) in [6, 6.07) is 22.9.